The van der Waals surface area contributed by atoms with Crippen LogP contribution in [0.2, 0.25) is 0 Å². The number of carboxylic acid groups (broad SMARTS) is 1. The maximum Gasteiger partial charge on any atom is 0.414 e. The number of hydrogen-bond donors (Lipinski definition) is 1. The number of benzene rings is 2. The van der Waals surface area contributed by atoms with Gasteiger partial charge in [-0.05, 0) is 61.4 Å². The molecule has 11 heteroatoms. The van der Waals surface area contributed by atoms with E-state index in [9.17, 15) is 19.5 Å². The lowest BCUT2D eigenvalue weighted by atomic mass is 10.0. The van der Waals surface area contributed by atoms with E-state index in [-0.39, 0.29) is 23.1 Å². The Morgan fingerprint density at radius 1 is 0.976 bits per heavy atom. The number of pyridine rings is 1. The second-order valence-corrected chi connectivity index (χ2v) is 11.4. The van der Waals surface area contributed by atoms with Crippen molar-refractivity contribution in [1.29, 1.82) is 0 Å². The summed E-state index contributed by atoms with van der Waals surface area (Å²) in [4.78, 5) is 42.1. The Balaban J connectivity index is 1.13. The zero-order valence-corrected chi connectivity index (χ0v) is 22.6. The molecule has 1 amide bonds. The van der Waals surface area contributed by atoms with Crippen LogP contribution in [0.3, 0.4) is 0 Å². The number of nitrogens with zero attached hydrogens (tertiary/aromatic N) is 4. The van der Waals surface area contributed by atoms with Gasteiger partial charge in [0, 0.05) is 43.8 Å². The van der Waals surface area contributed by atoms with E-state index >= 15 is 8.78 Å². The first-order valence-corrected chi connectivity index (χ1v) is 14.1. The molecule has 0 spiro atoms. The van der Waals surface area contributed by atoms with Gasteiger partial charge in [0.25, 0.3) is 0 Å². The predicted octanol–water partition coefficient (Wildman–Crippen LogP) is 4.62. The molecule has 4 fully saturated rings. The summed E-state index contributed by atoms with van der Waals surface area (Å²) in [6.45, 7) is 4.04. The van der Waals surface area contributed by atoms with Gasteiger partial charge in [-0.3, -0.25) is 9.69 Å². The molecular weight excluding hydrogens is 534 g/mol. The number of hydrogen-bond acceptors (Lipinski definition) is 6. The molecule has 3 atom stereocenters. The number of piperazine rings is 1. The van der Waals surface area contributed by atoms with E-state index in [2.05, 4.69) is 0 Å². The van der Waals surface area contributed by atoms with Crippen LogP contribution in [0.25, 0.3) is 10.9 Å². The fourth-order valence-electron chi connectivity index (χ4n) is 6.78. The predicted molar refractivity (Wildman–Crippen MR) is 149 cm³/mol. The van der Waals surface area contributed by atoms with Crippen LogP contribution >= 0.6 is 0 Å². The molecular formula is C30H30F2N4O5. The number of halogens is 2. The zero-order valence-electron chi connectivity index (χ0n) is 22.6. The van der Waals surface area contributed by atoms with E-state index in [4.69, 9.17) is 4.74 Å². The third-order valence-corrected chi connectivity index (χ3v) is 9.31. The van der Waals surface area contributed by atoms with Gasteiger partial charge in [-0.2, -0.15) is 0 Å². The molecule has 2 saturated heterocycles. The molecule has 1 aromatic heterocycles. The largest absolute Gasteiger partial charge is 0.477 e. The molecule has 41 heavy (non-hydrogen) atoms. The van der Waals surface area contributed by atoms with Gasteiger partial charge in [0.2, 0.25) is 5.43 Å². The van der Waals surface area contributed by atoms with E-state index in [1.165, 1.54) is 17.2 Å². The Morgan fingerprint density at radius 3 is 2.22 bits per heavy atom. The second kappa shape index (κ2) is 9.46. The van der Waals surface area contributed by atoms with Gasteiger partial charge in [0.15, 0.2) is 0 Å². The monoisotopic (exact) mass is 564 g/mol. The lowest BCUT2D eigenvalue weighted by Gasteiger charge is -2.37. The topological polar surface area (TPSA) is 95.3 Å². The molecule has 1 N–H and O–H groups in total. The van der Waals surface area contributed by atoms with Crippen molar-refractivity contribution < 1.29 is 28.2 Å². The van der Waals surface area contributed by atoms with Crippen LogP contribution in [0.15, 0.2) is 41.3 Å². The molecule has 4 aliphatic rings. The van der Waals surface area contributed by atoms with E-state index < -0.39 is 29.1 Å². The van der Waals surface area contributed by atoms with Gasteiger partial charge in [0.1, 0.15) is 23.3 Å². The molecule has 2 unspecified atom stereocenters. The maximum atomic E-state index is 15.4. The van der Waals surface area contributed by atoms with Crippen LogP contribution in [0.5, 0.6) is 0 Å². The van der Waals surface area contributed by atoms with E-state index in [1.54, 1.807) is 18.2 Å². The first kappa shape index (κ1) is 25.8. The molecule has 2 aliphatic carbocycles. The summed E-state index contributed by atoms with van der Waals surface area (Å²) >= 11 is 0. The van der Waals surface area contributed by atoms with Gasteiger partial charge >= 0.3 is 12.1 Å². The molecule has 2 aliphatic heterocycles. The van der Waals surface area contributed by atoms with Crippen molar-refractivity contribution in [1.82, 2.24) is 4.57 Å². The number of aromatic nitrogens is 1. The minimum Gasteiger partial charge on any atom is -0.477 e. The molecule has 0 bridgehead atoms. The maximum absolute atomic E-state index is 15.4. The molecule has 214 valence electrons. The van der Waals surface area contributed by atoms with Crippen LogP contribution in [0, 0.1) is 23.5 Å². The highest BCUT2D eigenvalue weighted by Crippen LogP contribution is 2.64. The van der Waals surface area contributed by atoms with Crippen molar-refractivity contribution in [2.24, 2.45) is 11.8 Å². The highest BCUT2D eigenvalue weighted by atomic mass is 19.1. The Morgan fingerprint density at radius 2 is 1.63 bits per heavy atom. The Hall–Kier alpha value is -4.15. The summed E-state index contributed by atoms with van der Waals surface area (Å²) < 4.78 is 37.8. The SMILES string of the molecule is CC[C@H]1CN(c2ccc(N3CCN(c4cc5c(cc4F)c(=O)c(C(=O)O)cn5C4C5CCC54)CC3)c(F)c2)C(=O)O1. The van der Waals surface area contributed by atoms with E-state index in [0.29, 0.717) is 73.6 Å². The first-order chi connectivity index (χ1) is 19.7. The standard InChI is InChI=1S/C30H30F2N4O5/c1-2-17-14-35(30(40)41-17)16-3-6-24(22(31)11-16)33-7-9-34(10-8-33)26-13-25-20(12-23(26)32)28(37)21(29(38)39)15-36(25)27-18-4-5-19(18)27/h3,6,11-13,15,17-19,27H,2,4-5,7-10,14H2,1H3,(H,38,39)/t17-,18?,19?,27?/m0/s1. The van der Waals surface area contributed by atoms with Crippen molar-refractivity contribution >= 4 is 40.0 Å². The van der Waals surface area contributed by atoms with Gasteiger partial charge in [-0.15, -0.1) is 0 Å². The van der Waals surface area contributed by atoms with Crippen molar-refractivity contribution in [2.45, 2.75) is 38.3 Å². The summed E-state index contributed by atoms with van der Waals surface area (Å²) in [5.41, 5.74) is 0.722. The summed E-state index contributed by atoms with van der Waals surface area (Å²) in [7, 11) is 0. The van der Waals surface area contributed by atoms with Crippen molar-refractivity contribution in [3.8, 4) is 0 Å². The number of carbonyl (C=O) groups is 2. The molecule has 3 aromatic rings. The molecule has 2 aromatic carbocycles. The molecule has 0 radical (unpaired) electrons. The summed E-state index contributed by atoms with van der Waals surface area (Å²) in [5.74, 6) is -1.40. The van der Waals surface area contributed by atoms with E-state index in [0.717, 1.165) is 18.9 Å². The Bertz CT molecular complexity index is 1640. The number of cyclic esters (lactones) is 1. The minimum atomic E-state index is -1.31. The smallest absolute Gasteiger partial charge is 0.414 e. The second-order valence-electron chi connectivity index (χ2n) is 11.4. The van der Waals surface area contributed by atoms with Gasteiger partial charge in [-0.1, -0.05) is 6.92 Å². The summed E-state index contributed by atoms with van der Waals surface area (Å²) in [6.07, 6.45) is 3.57. The number of anilines is 3. The number of amides is 1. The van der Waals surface area contributed by atoms with Crippen molar-refractivity contribution in [3.05, 3.63) is 63.9 Å². The quantitative estimate of drug-likeness (QED) is 0.467. The van der Waals surface area contributed by atoms with Crippen LogP contribution in [-0.2, 0) is 4.74 Å². The van der Waals surface area contributed by atoms with Crippen LogP contribution in [0.4, 0.5) is 30.6 Å². The lowest BCUT2D eigenvalue weighted by Crippen LogP contribution is -2.47. The number of aromatic carboxylic acids is 1. The number of carboxylic acids is 1. The Labute approximate surface area is 234 Å². The van der Waals surface area contributed by atoms with Crippen molar-refractivity contribution in [2.75, 3.05) is 47.4 Å². The highest BCUT2D eigenvalue weighted by Gasteiger charge is 2.57. The highest BCUT2D eigenvalue weighted by molar-refractivity contribution is 5.94. The normalized spacial score (nSPS) is 25.2. The molecule has 7 rings (SSSR count). The van der Waals surface area contributed by atoms with Crippen LogP contribution < -0.4 is 20.1 Å². The number of rotatable bonds is 6. The zero-order chi connectivity index (χ0) is 28.6. The number of fused-ring (bicyclic) bond motifs is 2. The molecule has 3 heterocycles. The number of carbonyl (C=O) groups excluding carboxylic acids is 1. The average Bonchev–Trinajstić information content (AvgIpc) is 3.26. The van der Waals surface area contributed by atoms with E-state index in [1.807, 2.05) is 21.3 Å². The van der Waals surface area contributed by atoms with Gasteiger partial charge in [-0.25, -0.2) is 18.4 Å². The van der Waals surface area contributed by atoms with Gasteiger partial charge in [0.05, 0.1) is 29.1 Å². The third kappa shape index (κ3) is 4.12. The Kier molecular flexibility index (Phi) is 5.95. The molecule has 9 nitrogen and oxygen atoms in total. The van der Waals surface area contributed by atoms with Crippen LogP contribution in [0.1, 0.15) is 42.6 Å². The average molecular weight is 565 g/mol. The fourth-order valence-corrected chi connectivity index (χ4v) is 6.78. The summed E-state index contributed by atoms with van der Waals surface area (Å²) in [5, 5.41) is 9.67. The van der Waals surface area contributed by atoms with Crippen LogP contribution in [-0.4, -0.2) is 60.6 Å². The van der Waals surface area contributed by atoms with Gasteiger partial charge < -0.3 is 24.2 Å². The lowest BCUT2D eigenvalue weighted by molar-refractivity contribution is 0.0694. The van der Waals surface area contributed by atoms with Crippen molar-refractivity contribution in [3.63, 3.8) is 0 Å². The fraction of sp³-hybridized carbons (Fsp3) is 0.433. The summed E-state index contributed by atoms with van der Waals surface area (Å²) in [6, 6.07) is 7.68. The number of ether oxygens (including phenoxy) is 1. The molecule has 2 saturated carbocycles. The first-order valence-electron chi connectivity index (χ1n) is 14.1. The third-order valence-electron chi connectivity index (χ3n) is 9.31. The minimum absolute atomic E-state index is 0.0744.